The van der Waals surface area contributed by atoms with Gasteiger partial charge in [0.15, 0.2) is 5.58 Å². The van der Waals surface area contributed by atoms with Crippen LogP contribution in [-0.4, -0.2) is 28.2 Å². The van der Waals surface area contributed by atoms with Crippen molar-refractivity contribution in [1.82, 2.24) is 4.98 Å². The third kappa shape index (κ3) is 3.78. The highest BCUT2D eigenvalue weighted by atomic mass is 32.2. The molecule has 19 heavy (non-hydrogen) atoms. The topological polar surface area (TPSA) is 78.3 Å². The zero-order valence-electron chi connectivity index (χ0n) is 10.9. The summed E-state index contributed by atoms with van der Waals surface area (Å²) in [5.41, 5.74) is 7.51. The zero-order chi connectivity index (χ0) is 13.7. The lowest BCUT2D eigenvalue weighted by Crippen LogP contribution is -2.07. The predicted octanol–water partition coefficient (Wildman–Crippen LogP) is 2.33. The van der Waals surface area contributed by atoms with Crippen LogP contribution < -0.4 is 5.73 Å². The van der Waals surface area contributed by atoms with Gasteiger partial charge in [-0.15, -0.1) is 0 Å². The van der Waals surface area contributed by atoms with Crippen molar-refractivity contribution in [2.45, 2.75) is 25.0 Å². The molecule has 0 fully saturated rings. The summed E-state index contributed by atoms with van der Waals surface area (Å²) < 4.78 is 22.8. The van der Waals surface area contributed by atoms with Crippen LogP contribution in [0.5, 0.6) is 0 Å². The summed E-state index contributed by atoms with van der Waals surface area (Å²) >= 11 is 0. The van der Waals surface area contributed by atoms with E-state index in [1.54, 1.807) is 18.2 Å². The molecule has 0 bridgehead atoms. The van der Waals surface area contributed by atoms with Crippen molar-refractivity contribution < 1.29 is 13.4 Å². The van der Waals surface area contributed by atoms with Gasteiger partial charge in [-0.3, -0.25) is 0 Å². The number of fused-ring (bicyclic) bond motifs is 1. The molecule has 2 N–H and O–H groups in total. The average molecular weight is 282 g/mol. The van der Waals surface area contributed by atoms with E-state index in [9.17, 15) is 4.21 Å². The molecular weight excluding hydrogens is 264 g/mol. The molecule has 6 heteroatoms. The minimum atomic E-state index is -1.27. The molecule has 0 radical (unpaired) electrons. The first-order chi connectivity index (χ1) is 9.20. The maximum absolute atomic E-state index is 12.0. The van der Waals surface area contributed by atoms with Crippen LogP contribution in [0.4, 0.5) is 5.69 Å². The molecule has 1 heterocycles. The number of aromatic nitrogens is 1. The number of unbranched alkanes of at least 4 members (excludes halogenated alkanes) is 1. The highest BCUT2D eigenvalue weighted by Gasteiger charge is 2.12. The van der Waals surface area contributed by atoms with Gasteiger partial charge in [-0.25, -0.2) is 9.19 Å². The molecule has 0 saturated heterocycles. The van der Waals surface area contributed by atoms with Crippen LogP contribution in [0.3, 0.4) is 0 Å². The van der Waals surface area contributed by atoms with Gasteiger partial charge in [-0.2, -0.15) is 0 Å². The van der Waals surface area contributed by atoms with Crippen LogP contribution in [0, 0.1) is 0 Å². The number of hydrogen-bond acceptors (Lipinski definition) is 5. The molecule has 1 aromatic heterocycles. The SMILES string of the molecule is CCCCOCCS(=O)c1nc2cc(N)ccc2o1. The Balaban J connectivity index is 1.94. The zero-order valence-corrected chi connectivity index (χ0v) is 11.7. The minimum Gasteiger partial charge on any atom is -0.430 e. The summed E-state index contributed by atoms with van der Waals surface area (Å²) in [6.07, 6.45) is 2.12. The lowest BCUT2D eigenvalue weighted by Gasteiger charge is -2.00. The summed E-state index contributed by atoms with van der Waals surface area (Å²) in [7, 11) is -1.27. The van der Waals surface area contributed by atoms with E-state index < -0.39 is 10.8 Å². The third-order valence-electron chi connectivity index (χ3n) is 2.64. The van der Waals surface area contributed by atoms with Crippen LogP contribution >= 0.6 is 0 Å². The summed E-state index contributed by atoms with van der Waals surface area (Å²) in [4.78, 5) is 4.19. The molecule has 0 aliphatic heterocycles. The van der Waals surface area contributed by atoms with Crippen molar-refractivity contribution in [3.05, 3.63) is 18.2 Å². The maximum atomic E-state index is 12.0. The predicted molar refractivity (Wildman–Crippen MR) is 75.4 cm³/mol. The standard InChI is InChI=1S/C13H18N2O3S/c1-2-3-6-17-7-8-19(16)13-15-11-9-10(14)4-5-12(11)18-13/h4-5,9H,2-3,6-8,14H2,1H3. The Morgan fingerprint density at radius 1 is 1.42 bits per heavy atom. The Morgan fingerprint density at radius 3 is 3.05 bits per heavy atom. The van der Waals surface area contributed by atoms with Gasteiger partial charge in [0.2, 0.25) is 0 Å². The van der Waals surface area contributed by atoms with E-state index >= 15 is 0 Å². The largest absolute Gasteiger partial charge is 0.430 e. The molecule has 1 atom stereocenters. The smallest absolute Gasteiger partial charge is 0.288 e. The van der Waals surface area contributed by atoms with Crippen LogP contribution in [0.15, 0.2) is 27.8 Å². The van der Waals surface area contributed by atoms with Gasteiger partial charge in [0.1, 0.15) is 16.3 Å². The lowest BCUT2D eigenvalue weighted by molar-refractivity contribution is 0.146. The van der Waals surface area contributed by atoms with Crippen molar-refractivity contribution in [2.75, 3.05) is 24.7 Å². The van der Waals surface area contributed by atoms with Crippen molar-refractivity contribution in [3.8, 4) is 0 Å². The second kappa shape index (κ2) is 6.68. The fraction of sp³-hybridized carbons (Fsp3) is 0.462. The molecule has 1 unspecified atom stereocenters. The third-order valence-corrected chi connectivity index (χ3v) is 3.74. The molecule has 0 aliphatic carbocycles. The fourth-order valence-corrected chi connectivity index (χ4v) is 2.42. The van der Waals surface area contributed by atoms with Gasteiger partial charge in [-0.05, 0) is 24.6 Å². The minimum absolute atomic E-state index is 0.236. The second-order valence-electron chi connectivity index (χ2n) is 4.22. The van der Waals surface area contributed by atoms with Crippen LogP contribution in [0.25, 0.3) is 11.1 Å². The molecule has 0 aliphatic rings. The average Bonchev–Trinajstić information content (AvgIpc) is 2.81. The van der Waals surface area contributed by atoms with Gasteiger partial charge < -0.3 is 14.9 Å². The molecular formula is C13H18N2O3S. The second-order valence-corrected chi connectivity index (χ2v) is 5.67. The Kier molecular flexibility index (Phi) is 4.93. The molecule has 1 aromatic carbocycles. The van der Waals surface area contributed by atoms with E-state index in [1.165, 1.54) is 0 Å². The highest BCUT2D eigenvalue weighted by molar-refractivity contribution is 7.84. The first kappa shape index (κ1) is 14.0. The lowest BCUT2D eigenvalue weighted by atomic mass is 10.3. The summed E-state index contributed by atoms with van der Waals surface area (Å²) in [5.74, 6) is 0.395. The number of nitrogens with zero attached hydrogens (tertiary/aromatic N) is 1. The molecule has 0 spiro atoms. The number of benzene rings is 1. The van der Waals surface area contributed by atoms with Crippen molar-refractivity contribution >= 4 is 27.6 Å². The number of nitrogen functional groups attached to an aromatic ring is 1. The molecule has 5 nitrogen and oxygen atoms in total. The van der Waals surface area contributed by atoms with Gasteiger partial charge in [0.05, 0.1) is 12.4 Å². The van der Waals surface area contributed by atoms with E-state index in [1.807, 2.05) is 0 Å². The number of hydrogen-bond donors (Lipinski definition) is 1. The van der Waals surface area contributed by atoms with Crippen LogP contribution in [0.1, 0.15) is 19.8 Å². The first-order valence-corrected chi connectivity index (χ1v) is 7.65. The normalized spacial score (nSPS) is 12.9. The monoisotopic (exact) mass is 282 g/mol. The number of nitrogens with two attached hydrogens (primary N) is 1. The van der Waals surface area contributed by atoms with E-state index in [0.29, 0.717) is 35.8 Å². The number of ether oxygens (including phenoxy) is 1. The van der Waals surface area contributed by atoms with E-state index in [2.05, 4.69) is 11.9 Å². The van der Waals surface area contributed by atoms with Crippen molar-refractivity contribution in [2.24, 2.45) is 0 Å². The number of anilines is 1. The molecule has 2 rings (SSSR count). The van der Waals surface area contributed by atoms with Gasteiger partial charge >= 0.3 is 0 Å². The number of oxazole rings is 1. The maximum Gasteiger partial charge on any atom is 0.288 e. The highest BCUT2D eigenvalue weighted by Crippen LogP contribution is 2.20. The van der Waals surface area contributed by atoms with Crippen molar-refractivity contribution in [3.63, 3.8) is 0 Å². The van der Waals surface area contributed by atoms with Gasteiger partial charge in [-0.1, -0.05) is 13.3 Å². The molecule has 2 aromatic rings. The van der Waals surface area contributed by atoms with E-state index in [0.717, 1.165) is 12.8 Å². The Morgan fingerprint density at radius 2 is 2.26 bits per heavy atom. The van der Waals surface area contributed by atoms with Crippen LogP contribution in [-0.2, 0) is 15.5 Å². The molecule has 104 valence electrons. The van der Waals surface area contributed by atoms with E-state index in [-0.39, 0.29) is 5.22 Å². The van der Waals surface area contributed by atoms with E-state index in [4.69, 9.17) is 14.9 Å². The Bertz CT molecular complexity index is 568. The summed E-state index contributed by atoms with van der Waals surface area (Å²) in [6.45, 7) is 3.26. The van der Waals surface area contributed by atoms with Crippen molar-refractivity contribution in [1.29, 1.82) is 0 Å². The van der Waals surface area contributed by atoms with Crippen LogP contribution in [0.2, 0.25) is 0 Å². The van der Waals surface area contributed by atoms with Gasteiger partial charge in [0.25, 0.3) is 5.22 Å². The fourth-order valence-electron chi connectivity index (χ4n) is 1.59. The quantitative estimate of drug-likeness (QED) is 0.623. The summed E-state index contributed by atoms with van der Waals surface area (Å²) in [6, 6.07) is 5.17. The molecule has 0 amide bonds. The first-order valence-electron chi connectivity index (χ1n) is 6.33. The summed E-state index contributed by atoms with van der Waals surface area (Å²) in [5, 5.41) is 0.236. The Labute approximate surface area is 114 Å². The number of rotatable bonds is 7. The Hall–Kier alpha value is -1.40. The van der Waals surface area contributed by atoms with Gasteiger partial charge in [0, 0.05) is 12.3 Å². The molecule has 0 saturated carbocycles.